The molecule has 0 aliphatic carbocycles. The molecule has 0 N–H and O–H groups in total. The van der Waals surface area contributed by atoms with Crippen LogP contribution >= 0.6 is 0 Å². The maximum atomic E-state index is 12.8. The van der Waals surface area contributed by atoms with E-state index in [1.807, 2.05) is 0 Å². The van der Waals surface area contributed by atoms with E-state index in [9.17, 15) is 18.0 Å². The number of halogens is 3. The fourth-order valence-electron chi connectivity index (χ4n) is 2.80. The van der Waals surface area contributed by atoms with E-state index >= 15 is 0 Å². The average molecular weight is 384 g/mol. The van der Waals surface area contributed by atoms with Gasteiger partial charge in [0.15, 0.2) is 0 Å². The molecular formula is C17H19F3N4O3. The number of rotatable bonds is 3. The second kappa shape index (κ2) is 7.55. The van der Waals surface area contributed by atoms with Crippen LogP contribution in [0.15, 0.2) is 24.4 Å². The van der Waals surface area contributed by atoms with Crippen molar-refractivity contribution in [3.63, 3.8) is 0 Å². The number of amides is 1. The predicted molar refractivity (Wildman–Crippen MR) is 88.3 cm³/mol. The normalized spacial score (nSPS) is 18.3. The Bertz CT molecular complexity index is 805. The Hall–Kier alpha value is -2.62. The number of pyridine rings is 1. The molecule has 27 heavy (non-hydrogen) atoms. The minimum absolute atomic E-state index is 0.0438. The molecule has 0 radical (unpaired) electrons. The SMILES string of the molecule is Cc1cc(C(=O)N2CCOCC(Oc3ccc(C(F)(F)F)cn3)C2)n(C)n1. The van der Waals surface area contributed by atoms with Gasteiger partial charge in [-0.2, -0.15) is 18.3 Å². The number of alkyl halides is 3. The first-order chi connectivity index (χ1) is 12.7. The van der Waals surface area contributed by atoms with Crippen LogP contribution in [0.4, 0.5) is 13.2 Å². The van der Waals surface area contributed by atoms with Crippen LogP contribution in [0.2, 0.25) is 0 Å². The molecular weight excluding hydrogens is 365 g/mol. The Balaban J connectivity index is 1.69. The highest BCUT2D eigenvalue weighted by molar-refractivity contribution is 5.92. The van der Waals surface area contributed by atoms with E-state index in [0.717, 1.165) is 17.8 Å². The van der Waals surface area contributed by atoms with Crippen LogP contribution in [0.5, 0.6) is 5.88 Å². The predicted octanol–water partition coefficient (Wildman–Crippen LogP) is 2.06. The lowest BCUT2D eigenvalue weighted by Crippen LogP contribution is -2.40. The van der Waals surface area contributed by atoms with Gasteiger partial charge in [-0.15, -0.1) is 0 Å². The van der Waals surface area contributed by atoms with Gasteiger partial charge in [0.25, 0.3) is 5.91 Å². The van der Waals surface area contributed by atoms with Crippen LogP contribution in [-0.4, -0.2) is 58.0 Å². The molecule has 0 bridgehead atoms. The van der Waals surface area contributed by atoms with Gasteiger partial charge in [0.1, 0.15) is 11.8 Å². The summed E-state index contributed by atoms with van der Waals surface area (Å²) in [4.78, 5) is 18.0. The van der Waals surface area contributed by atoms with Crippen molar-refractivity contribution >= 4 is 5.91 Å². The number of hydrogen-bond donors (Lipinski definition) is 0. The molecule has 1 atom stereocenters. The Morgan fingerprint density at radius 1 is 1.37 bits per heavy atom. The Morgan fingerprint density at radius 2 is 2.15 bits per heavy atom. The Kier molecular flexibility index (Phi) is 5.36. The van der Waals surface area contributed by atoms with E-state index in [4.69, 9.17) is 9.47 Å². The Morgan fingerprint density at radius 3 is 2.74 bits per heavy atom. The van der Waals surface area contributed by atoms with Crippen LogP contribution < -0.4 is 4.74 Å². The molecule has 1 aliphatic heterocycles. The Labute approximate surface area is 153 Å². The lowest BCUT2D eigenvalue weighted by molar-refractivity contribution is -0.137. The number of hydrogen-bond acceptors (Lipinski definition) is 5. The average Bonchev–Trinajstić information content (AvgIpc) is 2.80. The summed E-state index contributed by atoms with van der Waals surface area (Å²) in [6.07, 6.45) is -4.29. The maximum absolute atomic E-state index is 12.8. The molecule has 1 unspecified atom stereocenters. The van der Waals surface area contributed by atoms with Crippen LogP contribution in [0.25, 0.3) is 0 Å². The van der Waals surface area contributed by atoms with Gasteiger partial charge >= 0.3 is 6.18 Å². The molecule has 7 nitrogen and oxygen atoms in total. The molecule has 3 heterocycles. The smallest absolute Gasteiger partial charge is 0.417 e. The molecule has 1 aliphatic rings. The van der Waals surface area contributed by atoms with Crippen LogP contribution in [0.1, 0.15) is 21.7 Å². The standard InChI is InChI=1S/C17H19F3N4O3/c1-11-7-14(23(2)22-11)16(25)24-5-6-26-10-13(9-24)27-15-4-3-12(8-21-15)17(18,19)20/h3-4,7-8,13H,5-6,9-10H2,1-2H3. The monoisotopic (exact) mass is 384 g/mol. The largest absolute Gasteiger partial charge is 0.470 e. The number of aryl methyl sites for hydroxylation is 2. The minimum Gasteiger partial charge on any atom is -0.470 e. The zero-order chi connectivity index (χ0) is 19.6. The van der Waals surface area contributed by atoms with Gasteiger partial charge < -0.3 is 14.4 Å². The number of ether oxygens (including phenoxy) is 2. The zero-order valence-corrected chi connectivity index (χ0v) is 14.9. The lowest BCUT2D eigenvalue weighted by Gasteiger charge is -2.24. The first kappa shape index (κ1) is 19.2. The van der Waals surface area contributed by atoms with Gasteiger partial charge in [0.05, 0.1) is 31.0 Å². The van der Waals surface area contributed by atoms with E-state index in [-0.39, 0.29) is 24.9 Å². The van der Waals surface area contributed by atoms with E-state index in [2.05, 4.69) is 10.1 Å². The van der Waals surface area contributed by atoms with E-state index in [1.165, 1.54) is 4.68 Å². The molecule has 0 aromatic carbocycles. The van der Waals surface area contributed by atoms with Crippen LogP contribution in [0.3, 0.4) is 0 Å². The third-order valence-corrected chi connectivity index (χ3v) is 4.09. The first-order valence-corrected chi connectivity index (χ1v) is 8.31. The summed E-state index contributed by atoms with van der Waals surface area (Å²) in [6, 6.07) is 3.76. The maximum Gasteiger partial charge on any atom is 0.417 e. The fraction of sp³-hybridized carbons (Fsp3) is 0.471. The summed E-state index contributed by atoms with van der Waals surface area (Å²) in [5.41, 5.74) is 0.324. The third kappa shape index (κ3) is 4.57. The topological polar surface area (TPSA) is 69.5 Å². The van der Waals surface area contributed by atoms with Gasteiger partial charge in [0, 0.05) is 25.9 Å². The van der Waals surface area contributed by atoms with Gasteiger partial charge in [-0.3, -0.25) is 9.48 Å². The van der Waals surface area contributed by atoms with Gasteiger partial charge in [-0.1, -0.05) is 0 Å². The van der Waals surface area contributed by atoms with Gasteiger partial charge in [-0.05, 0) is 19.1 Å². The summed E-state index contributed by atoms with van der Waals surface area (Å²) < 4.78 is 50.5. The highest BCUT2D eigenvalue weighted by Gasteiger charge is 2.31. The highest BCUT2D eigenvalue weighted by atomic mass is 19.4. The van der Waals surface area contributed by atoms with E-state index < -0.39 is 17.8 Å². The van der Waals surface area contributed by atoms with Crippen molar-refractivity contribution in [2.75, 3.05) is 26.3 Å². The summed E-state index contributed by atoms with van der Waals surface area (Å²) in [6.45, 7) is 2.94. The molecule has 146 valence electrons. The number of carbonyl (C=O) groups excluding carboxylic acids is 1. The van der Waals surface area contributed by atoms with Gasteiger partial charge in [-0.25, -0.2) is 4.98 Å². The van der Waals surface area contributed by atoms with Crippen molar-refractivity contribution in [1.82, 2.24) is 19.7 Å². The quantitative estimate of drug-likeness (QED) is 0.810. The summed E-state index contributed by atoms with van der Waals surface area (Å²) in [7, 11) is 1.69. The lowest BCUT2D eigenvalue weighted by atomic mass is 10.2. The third-order valence-electron chi connectivity index (χ3n) is 4.09. The molecule has 2 aromatic rings. The number of carbonyl (C=O) groups is 1. The summed E-state index contributed by atoms with van der Waals surface area (Å²) in [5.74, 6) is -0.167. The molecule has 10 heteroatoms. The summed E-state index contributed by atoms with van der Waals surface area (Å²) >= 11 is 0. The van der Waals surface area contributed by atoms with E-state index in [0.29, 0.717) is 25.0 Å². The molecule has 1 amide bonds. The fourth-order valence-corrected chi connectivity index (χ4v) is 2.80. The van der Waals surface area contributed by atoms with Crippen molar-refractivity contribution in [2.24, 2.45) is 7.05 Å². The summed E-state index contributed by atoms with van der Waals surface area (Å²) in [5, 5.41) is 4.17. The van der Waals surface area contributed by atoms with Crippen molar-refractivity contribution in [3.8, 4) is 5.88 Å². The van der Waals surface area contributed by atoms with Crippen molar-refractivity contribution in [1.29, 1.82) is 0 Å². The molecule has 2 aromatic heterocycles. The minimum atomic E-state index is -4.46. The first-order valence-electron chi connectivity index (χ1n) is 8.31. The second-order valence-corrected chi connectivity index (χ2v) is 6.24. The zero-order valence-electron chi connectivity index (χ0n) is 14.9. The molecule has 1 fully saturated rings. The van der Waals surface area contributed by atoms with Crippen molar-refractivity contribution < 1.29 is 27.4 Å². The van der Waals surface area contributed by atoms with Crippen LogP contribution in [0, 0.1) is 6.92 Å². The number of nitrogens with zero attached hydrogens (tertiary/aromatic N) is 4. The molecule has 0 spiro atoms. The van der Waals surface area contributed by atoms with Crippen LogP contribution in [-0.2, 0) is 18.0 Å². The number of aromatic nitrogens is 3. The molecule has 1 saturated heterocycles. The second-order valence-electron chi connectivity index (χ2n) is 6.24. The van der Waals surface area contributed by atoms with Gasteiger partial charge in [0.2, 0.25) is 5.88 Å². The highest BCUT2D eigenvalue weighted by Crippen LogP contribution is 2.29. The van der Waals surface area contributed by atoms with Crippen molar-refractivity contribution in [3.05, 3.63) is 41.3 Å². The molecule has 3 rings (SSSR count). The molecule has 0 saturated carbocycles. The van der Waals surface area contributed by atoms with E-state index in [1.54, 1.807) is 24.9 Å². The van der Waals surface area contributed by atoms with Crippen molar-refractivity contribution in [2.45, 2.75) is 19.2 Å².